The van der Waals surface area contributed by atoms with Gasteiger partial charge in [-0.2, -0.15) is 17.0 Å². The van der Waals surface area contributed by atoms with Gasteiger partial charge < -0.3 is 10.2 Å². The van der Waals surface area contributed by atoms with Crippen molar-refractivity contribution in [1.29, 1.82) is 0 Å². The topological polar surface area (TPSA) is 81.7 Å². The number of nitrogens with one attached hydrogen (secondary N) is 1. The highest BCUT2D eigenvalue weighted by atomic mass is 32.2. The normalized spacial score (nSPS) is 20.4. The molecular formula is C14H24N6O2S. The molecular weight excluding hydrogens is 316 g/mol. The van der Waals surface area contributed by atoms with Gasteiger partial charge in [0.15, 0.2) is 0 Å². The molecule has 0 aliphatic carbocycles. The zero-order valence-corrected chi connectivity index (χ0v) is 14.5. The smallest absolute Gasteiger partial charge is 0.281 e. The second-order valence-corrected chi connectivity index (χ2v) is 8.19. The van der Waals surface area contributed by atoms with Crippen molar-refractivity contribution in [1.82, 2.24) is 23.9 Å². The predicted octanol–water partition coefficient (Wildman–Crippen LogP) is -0.907. The molecule has 0 bridgehead atoms. The van der Waals surface area contributed by atoms with Crippen molar-refractivity contribution in [3.05, 3.63) is 17.6 Å². The van der Waals surface area contributed by atoms with E-state index in [9.17, 15) is 8.42 Å². The lowest BCUT2D eigenvalue weighted by Gasteiger charge is -2.36. The van der Waals surface area contributed by atoms with E-state index in [0.717, 1.165) is 37.4 Å². The average Bonchev–Trinajstić information content (AvgIpc) is 2.80. The van der Waals surface area contributed by atoms with Crippen LogP contribution in [0, 0.1) is 0 Å². The third-order valence-electron chi connectivity index (χ3n) is 4.43. The fourth-order valence-corrected chi connectivity index (χ4v) is 4.18. The highest BCUT2D eigenvalue weighted by molar-refractivity contribution is 7.86. The van der Waals surface area contributed by atoms with Crippen LogP contribution in [-0.2, 0) is 23.1 Å². The third-order valence-corrected chi connectivity index (χ3v) is 6.37. The van der Waals surface area contributed by atoms with Crippen LogP contribution in [0.4, 0.5) is 5.82 Å². The fraction of sp³-hybridized carbons (Fsp3) is 0.714. The van der Waals surface area contributed by atoms with Crippen LogP contribution in [0.1, 0.15) is 11.3 Å². The Morgan fingerprint density at radius 1 is 1.09 bits per heavy atom. The van der Waals surface area contributed by atoms with Gasteiger partial charge in [-0.25, -0.2) is 9.97 Å². The maximum Gasteiger partial charge on any atom is 0.281 e. The van der Waals surface area contributed by atoms with E-state index < -0.39 is 10.2 Å². The van der Waals surface area contributed by atoms with Gasteiger partial charge in [0.05, 0.1) is 5.69 Å². The maximum atomic E-state index is 12.2. The van der Waals surface area contributed by atoms with E-state index >= 15 is 0 Å². The Bertz CT molecular complexity index is 655. The van der Waals surface area contributed by atoms with Gasteiger partial charge in [0, 0.05) is 58.8 Å². The summed E-state index contributed by atoms with van der Waals surface area (Å²) in [6.45, 7) is 4.16. The lowest BCUT2D eigenvalue weighted by Crippen LogP contribution is -2.52. The minimum atomic E-state index is -3.33. The fourth-order valence-electron chi connectivity index (χ4n) is 3.09. The molecule has 1 aromatic heterocycles. The van der Waals surface area contributed by atoms with E-state index in [0.29, 0.717) is 26.2 Å². The van der Waals surface area contributed by atoms with Crippen molar-refractivity contribution < 1.29 is 8.42 Å². The Labute approximate surface area is 137 Å². The number of hydrogen-bond acceptors (Lipinski definition) is 6. The Morgan fingerprint density at radius 2 is 1.78 bits per heavy atom. The van der Waals surface area contributed by atoms with Gasteiger partial charge in [-0.3, -0.25) is 0 Å². The summed E-state index contributed by atoms with van der Waals surface area (Å²) in [6.07, 6.45) is 3.46. The summed E-state index contributed by atoms with van der Waals surface area (Å²) in [6, 6.07) is 0. The first kappa shape index (κ1) is 16.6. The van der Waals surface area contributed by atoms with Gasteiger partial charge >= 0.3 is 0 Å². The maximum absolute atomic E-state index is 12.2. The van der Waals surface area contributed by atoms with Gasteiger partial charge in [0.25, 0.3) is 10.2 Å². The number of nitrogens with zero attached hydrogens (tertiary/aromatic N) is 5. The number of hydrogen-bond donors (Lipinski definition) is 1. The summed E-state index contributed by atoms with van der Waals surface area (Å²) >= 11 is 0. The van der Waals surface area contributed by atoms with Crippen LogP contribution in [0.2, 0.25) is 0 Å². The predicted molar refractivity (Wildman–Crippen MR) is 88.7 cm³/mol. The Morgan fingerprint density at radius 3 is 2.48 bits per heavy atom. The van der Waals surface area contributed by atoms with Crippen molar-refractivity contribution in [3.63, 3.8) is 0 Å². The molecule has 2 aliphatic heterocycles. The quantitative estimate of drug-likeness (QED) is 0.767. The molecule has 8 nitrogen and oxygen atoms in total. The summed E-state index contributed by atoms with van der Waals surface area (Å²) in [5, 5.41) is 3.38. The summed E-state index contributed by atoms with van der Waals surface area (Å²) in [4.78, 5) is 11.1. The van der Waals surface area contributed by atoms with E-state index in [2.05, 4.69) is 20.2 Å². The molecule has 3 rings (SSSR count). The molecule has 0 atom stereocenters. The molecule has 0 unspecified atom stereocenters. The van der Waals surface area contributed by atoms with Crippen molar-refractivity contribution in [3.8, 4) is 0 Å². The molecule has 0 spiro atoms. The Balaban J connectivity index is 1.76. The van der Waals surface area contributed by atoms with Crippen molar-refractivity contribution in [2.45, 2.75) is 12.8 Å². The minimum Gasteiger partial charge on any atom is -0.354 e. The average molecular weight is 340 g/mol. The molecule has 1 saturated heterocycles. The zero-order chi connectivity index (χ0) is 16.4. The highest BCUT2D eigenvalue weighted by Crippen LogP contribution is 2.24. The van der Waals surface area contributed by atoms with E-state index in [4.69, 9.17) is 0 Å². The number of aromatic nitrogens is 2. The first-order valence-electron chi connectivity index (χ1n) is 7.96. The Hall–Kier alpha value is -1.29. The molecule has 3 heterocycles. The summed E-state index contributed by atoms with van der Waals surface area (Å²) < 4.78 is 27.2. The van der Waals surface area contributed by atoms with Crippen molar-refractivity contribution in [2.75, 3.05) is 58.3 Å². The van der Waals surface area contributed by atoms with Gasteiger partial charge in [0.2, 0.25) is 0 Å². The summed E-state index contributed by atoms with van der Waals surface area (Å²) in [5.74, 6) is 0.973. The molecule has 0 saturated carbocycles. The van der Waals surface area contributed by atoms with Gasteiger partial charge in [-0.15, -0.1) is 0 Å². The highest BCUT2D eigenvalue weighted by Gasteiger charge is 2.30. The molecule has 128 valence electrons. The monoisotopic (exact) mass is 340 g/mol. The van der Waals surface area contributed by atoms with Crippen molar-refractivity contribution in [2.24, 2.45) is 0 Å². The molecule has 0 aromatic carbocycles. The van der Waals surface area contributed by atoms with Crippen LogP contribution in [0.25, 0.3) is 0 Å². The molecule has 2 aliphatic rings. The van der Waals surface area contributed by atoms with Gasteiger partial charge in [0.1, 0.15) is 12.1 Å². The molecule has 23 heavy (non-hydrogen) atoms. The summed E-state index contributed by atoms with van der Waals surface area (Å²) in [5.41, 5.74) is 2.32. The van der Waals surface area contributed by atoms with Crippen LogP contribution in [0.5, 0.6) is 0 Å². The number of fused-ring (bicyclic) bond motifs is 1. The van der Waals surface area contributed by atoms with E-state index in [1.807, 2.05) is 0 Å². The third kappa shape index (κ3) is 3.32. The number of anilines is 1. The Kier molecular flexibility index (Phi) is 4.81. The van der Waals surface area contributed by atoms with Gasteiger partial charge in [-0.05, 0) is 13.0 Å². The van der Waals surface area contributed by atoms with E-state index in [1.165, 1.54) is 14.2 Å². The second kappa shape index (κ2) is 6.68. The first-order chi connectivity index (χ1) is 11.0. The minimum absolute atomic E-state index is 0.484. The number of rotatable bonds is 3. The van der Waals surface area contributed by atoms with Crippen LogP contribution in [0.15, 0.2) is 6.33 Å². The lowest BCUT2D eigenvalue weighted by atomic mass is 10.1. The van der Waals surface area contributed by atoms with Crippen LogP contribution >= 0.6 is 0 Å². The molecule has 0 amide bonds. The van der Waals surface area contributed by atoms with Crippen LogP contribution in [0.3, 0.4) is 0 Å². The molecule has 1 fully saturated rings. The number of piperazine rings is 1. The standard InChI is InChI=1S/C14H24N6O2S/c1-18(2)23(21,22)20-9-7-19(8-10-20)14-12-3-5-15-6-4-13(12)16-11-17-14/h11,15H,3-10H2,1-2H3. The second-order valence-electron chi connectivity index (χ2n) is 6.05. The molecule has 1 N–H and O–H groups in total. The first-order valence-corrected chi connectivity index (χ1v) is 9.36. The molecule has 9 heteroatoms. The molecule has 1 aromatic rings. The van der Waals surface area contributed by atoms with E-state index in [1.54, 1.807) is 20.4 Å². The van der Waals surface area contributed by atoms with Crippen molar-refractivity contribution >= 4 is 16.0 Å². The van der Waals surface area contributed by atoms with Crippen LogP contribution < -0.4 is 10.2 Å². The van der Waals surface area contributed by atoms with Crippen LogP contribution in [-0.4, -0.2) is 80.4 Å². The largest absolute Gasteiger partial charge is 0.354 e. The van der Waals surface area contributed by atoms with E-state index in [-0.39, 0.29) is 0 Å². The SMILES string of the molecule is CN(C)S(=O)(=O)N1CCN(c2ncnc3c2CCNCC3)CC1. The lowest BCUT2D eigenvalue weighted by molar-refractivity contribution is 0.354. The zero-order valence-electron chi connectivity index (χ0n) is 13.7. The molecule has 0 radical (unpaired) electrons. The van der Waals surface area contributed by atoms with Gasteiger partial charge in [-0.1, -0.05) is 0 Å². The summed E-state index contributed by atoms with van der Waals surface area (Å²) in [7, 11) is -0.195.